The van der Waals surface area contributed by atoms with Gasteiger partial charge in [-0.05, 0) is 50.2 Å². The van der Waals surface area contributed by atoms with Crippen molar-refractivity contribution in [2.24, 2.45) is 0 Å². The van der Waals surface area contributed by atoms with Gasteiger partial charge < -0.3 is 14.5 Å². The lowest BCUT2D eigenvalue weighted by atomic mass is 10.1. The SMILES string of the molecule is CC(=O)Nc1ccc(OC(C)c2nnc(-c3ccc(C)cc3)o2)cc1. The van der Waals surface area contributed by atoms with Crippen molar-refractivity contribution >= 4 is 11.6 Å². The van der Waals surface area contributed by atoms with Gasteiger partial charge in [0, 0.05) is 18.2 Å². The first-order chi connectivity index (χ1) is 12.0. The van der Waals surface area contributed by atoms with E-state index in [1.54, 1.807) is 24.3 Å². The zero-order valence-corrected chi connectivity index (χ0v) is 14.3. The fourth-order valence-corrected chi connectivity index (χ4v) is 2.29. The molecule has 128 valence electrons. The van der Waals surface area contributed by atoms with E-state index in [-0.39, 0.29) is 5.91 Å². The van der Waals surface area contributed by atoms with Crippen LogP contribution in [0.3, 0.4) is 0 Å². The maximum absolute atomic E-state index is 11.0. The smallest absolute Gasteiger partial charge is 0.257 e. The molecule has 0 saturated heterocycles. The Kier molecular flexibility index (Phi) is 4.79. The van der Waals surface area contributed by atoms with Gasteiger partial charge in [-0.25, -0.2) is 0 Å². The van der Waals surface area contributed by atoms with Crippen molar-refractivity contribution < 1.29 is 13.9 Å². The summed E-state index contributed by atoms with van der Waals surface area (Å²) < 4.78 is 11.5. The van der Waals surface area contributed by atoms with E-state index in [0.29, 0.717) is 23.2 Å². The van der Waals surface area contributed by atoms with Gasteiger partial charge in [-0.3, -0.25) is 4.79 Å². The monoisotopic (exact) mass is 337 g/mol. The first-order valence-electron chi connectivity index (χ1n) is 7.96. The van der Waals surface area contributed by atoms with Crippen LogP contribution in [0, 0.1) is 6.92 Å². The Morgan fingerprint density at radius 1 is 1.08 bits per heavy atom. The van der Waals surface area contributed by atoms with Gasteiger partial charge in [0.05, 0.1) is 0 Å². The van der Waals surface area contributed by atoms with Crippen LogP contribution in [0.4, 0.5) is 5.69 Å². The van der Waals surface area contributed by atoms with E-state index in [1.165, 1.54) is 12.5 Å². The molecule has 1 aromatic heterocycles. The summed E-state index contributed by atoms with van der Waals surface area (Å²) in [4.78, 5) is 11.0. The molecule has 3 rings (SSSR count). The van der Waals surface area contributed by atoms with Crippen LogP contribution in [0.25, 0.3) is 11.5 Å². The first-order valence-corrected chi connectivity index (χ1v) is 7.96. The molecule has 0 aliphatic carbocycles. The molecule has 0 radical (unpaired) electrons. The highest BCUT2D eigenvalue weighted by Crippen LogP contribution is 2.25. The lowest BCUT2D eigenvalue weighted by Gasteiger charge is -2.11. The quantitative estimate of drug-likeness (QED) is 0.757. The highest BCUT2D eigenvalue weighted by molar-refractivity contribution is 5.88. The minimum absolute atomic E-state index is 0.114. The van der Waals surface area contributed by atoms with Gasteiger partial charge in [0.15, 0.2) is 6.10 Å². The molecule has 0 bridgehead atoms. The standard InChI is InChI=1S/C19H19N3O3/c1-12-4-6-15(7-5-12)19-22-21-18(25-19)13(2)24-17-10-8-16(9-11-17)20-14(3)23/h4-11,13H,1-3H3,(H,20,23). The second-order valence-electron chi connectivity index (χ2n) is 5.78. The average Bonchev–Trinajstić information content (AvgIpc) is 3.07. The van der Waals surface area contributed by atoms with Crippen LogP contribution in [0.1, 0.15) is 31.4 Å². The van der Waals surface area contributed by atoms with Crippen molar-refractivity contribution in [2.75, 3.05) is 5.32 Å². The van der Waals surface area contributed by atoms with Crippen LogP contribution in [0.15, 0.2) is 52.9 Å². The number of nitrogens with zero attached hydrogens (tertiary/aromatic N) is 2. The summed E-state index contributed by atoms with van der Waals surface area (Å²) in [5.74, 6) is 1.40. The van der Waals surface area contributed by atoms with Gasteiger partial charge in [-0.15, -0.1) is 10.2 Å². The molecule has 1 heterocycles. The molecule has 6 heteroatoms. The van der Waals surface area contributed by atoms with Gasteiger partial charge in [-0.1, -0.05) is 17.7 Å². The zero-order valence-electron chi connectivity index (χ0n) is 14.3. The molecule has 1 amide bonds. The molecule has 1 N–H and O–H groups in total. The predicted molar refractivity (Wildman–Crippen MR) is 94.3 cm³/mol. The summed E-state index contributed by atoms with van der Waals surface area (Å²) in [6, 6.07) is 15.0. The van der Waals surface area contributed by atoms with Crippen LogP contribution in [0.5, 0.6) is 5.75 Å². The van der Waals surface area contributed by atoms with E-state index in [4.69, 9.17) is 9.15 Å². The van der Waals surface area contributed by atoms with Crippen LogP contribution in [-0.2, 0) is 4.79 Å². The number of hydrogen-bond donors (Lipinski definition) is 1. The van der Waals surface area contributed by atoms with Gasteiger partial charge in [-0.2, -0.15) is 0 Å². The molecule has 1 atom stereocenters. The van der Waals surface area contributed by atoms with E-state index in [9.17, 15) is 4.79 Å². The number of aromatic nitrogens is 2. The molecule has 0 saturated carbocycles. The van der Waals surface area contributed by atoms with Crippen molar-refractivity contribution in [1.29, 1.82) is 0 Å². The Morgan fingerprint density at radius 3 is 2.40 bits per heavy atom. The molecule has 0 aliphatic heterocycles. The van der Waals surface area contributed by atoms with E-state index >= 15 is 0 Å². The lowest BCUT2D eigenvalue weighted by Crippen LogP contribution is -2.06. The number of hydrogen-bond acceptors (Lipinski definition) is 5. The Labute approximate surface area is 145 Å². The maximum Gasteiger partial charge on any atom is 0.257 e. The molecule has 3 aromatic rings. The van der Waals surface area contributed by atoms with Crippen molar-refractivity contribution in [1.82, 2.24) is 10.2 Å². The fraction of sp³-hybridized carbons (Fsp3) is 0.211. The van der Waals surface area contributed by atoms with Gasteiger partial charge >= 0.3 is 0 Å². The number of rotatable bonds is 5. The number of benzene rings is 2. The van der Waals surface area contributed by atoms with E-state index in [2.05, 4.69) is 15.5 Å². The number of anilines is 1. The Hall–Kier alpha value is -3.15. The van der Waals surface area contributed by atoms with Crippen LogP contribution >= 0.6 is 0 Å². The van der Waals surface area contributed by atoms with Crippen molar-refractivity contribution in [3.8, 4) is 17.2 Å². The summed E-state index contributed by atoms with van der Waals surface area (Å²) in [6.45, 7) is 5.33. The van der Waals surface area contributed by atoms with Crippen LogP contribution in [-0.4, -0.2) is 16.1 Å². The normalized spacial score (nSPS) is 11.8. The Morgan fingerprint density at radius 2 is 1.76 bits per heavy atom. The highest BCUT2D eigenvalue weighted by atomic mass is 16.5. The Bertz CT molecular complexity index is 854. The van der Waals surface area contributed by atoms with E-state index in [1.807, 2.05) is 38.1 Å². The molecule has 25 heavy (non-hydrogen) atoms. The van der Waals surface area contributed by atoms with Gasteiger partial charge in [0.1, 0.15) is 5.75 Å². The number of carbonyl (C=O) groups excluding carboxylic acids is 1. The van der Waals surface area contributed by atoms with E-state index in [0.717, 1.165) is 5.56 Å². The van der Waals surface area contributed by atoms with Crippen LogP contribution < -0.4 is 10.1 Å². The second-order valence-corrected chi connectivity index (χ2v) is 5.78. The minimum Gasteiger partial charge on any atom is -0.481 e. The topological polar surface area (TPSA) is 77.2 Å². The fourth-order valence-electron chi connectivity index (χ4n) is 2.29. The third-order valence-electron chi connectivity index (χ3n) is 3.57. The Balaban J connectivity index is 1.68. The molecule has 0 spiro atoms. The largest absolute Gasteiger partial charge is 0.481 e. The number of nitrogens with one attached hydrogen (secondary N) is 1. The average molecular weight is 337 g/mol. The van der Waals surface area contributed by atoms with Crippen molar-refractivity contribution in [3.63, 3.8) is 0 Å². The van der Waals surface area contributed by atoms with Crippen molar-refractivity contribution in [3.05, 3.63) is 60.0 Å². The molecule has 0 aliphatic rings. The molecular formula is C19H19N3O3. The maximum atomic E-state index is 11.0. The number of carbonyl (C=O) groups is 1. The van der Waals surface area contributed by atoms with Gasteiger partial charge in [0.2, 0.25) is 11.8 Å². The molecule has 1 unspecified atom stereocenters. The van der Waals surface area contributed by atoms with Crippen molar-refractivity contribution in [2.45, 2.75) is 26.9 Å². The second kappa shape index (κ2) is 7.17. The molecule has 2 aromatic carbocycles. The number of amides is 1. The lowest BCUT2D eigenvalue weighted by molar-refractivity contribution is -0.114. The summed E-state index contributed by atoms with van der Waals surface area (Å²) in [5, 5.41) is 10.9. The third-order valence-corrected chi connectivity index (χ3v) is 3.57. The van der Waals surface area contributed by atoms with Crippen LogP contribution in [0.2, 0.25) is 0 Å². The summed E-state index contributed by atoms with van der Waals surface area (Å²) >= 11 is 0. The van der Waals surface area contributed by atoms with E-state index < -0.39 is 6.10 Å². The number of aryl methyl sites for hydroxylation is 1. The predicted octanol–water partition coefficient (Wildman–Crippen LogP) is 4.14. The highest BCUT2D eigenvalue weighted by Gasteiger charge is 2.16. The molecule has 6 nitrogen and oxygen atoms in total. The molecular weight excluding hydrogens is 318 g/mol. The number of ether oxygens (including phenoxy) is 1. The molecule has 0 fully saturated rings. The summed E-state index contributed by atoms with van der Waals surface area (Å²) in [6.07, 6.45) is -0.390. The summed E-state index contributed by atoms with van der Waals surface area (Å²) in [5.41, 5.74) is 2.76. The summed E-state index contributed by atoms with van der Waals surface area (Å²) in [7, 11) is 0. The zero-order chi connectivity index (χ0) is 17.8. The minimum atomic E-state index is -0.390. The third kappa shape index (κ3) is 4.23. The first kappa shape index (κ1) is 16.7. The van der Waals surface area contributed by atoms with Gasteiger partial charge in [0.25, 0.3) is 5.89 Å².